The topological polar surface area (TPSA) is 43.8 Å². The van der Waals surface area contributed by atoms with Crippen molar-refractivity contribution < 1.29 is 0 Å². The third-order valence-corrected chi connectivity index (χ3v) is 2.42. The summed E-state index contributed by atoms with van der Waals surface area (Å²) >= 11 is 5.83. The summed E-state index contributed by atoms with van der Waals surface area (Å²) < 4.78 is 1.74. The molecule has 1 aromatic carbocycles. The Morgan fingerprint density at radius 2 is 2.13 bits per heavy atom. The first-order chi connectivity index (χ1) is 7.18. The number of benzene rings is 1. The molecule has 1 atom stereocenters. The van der Waals surface area contributed by atoms with E-state index in [0.717, 1.165) is 11.3 Å². The monoisotopic (exact) mass is 221 g/mol. The van der Waals surface area contributed by atoms with Crippen molar-refractivity contribution in [1.82, 2.24) is 9.78 Å². The third kappa shape index (κ3) is 2.03. The van der Waals surface area contributed by atoms with E-state index in [2.05, 4.69) is 5.10 Å². The van der Waals surface area contributed by atoms with Gasteiger partial charge in [0.1, 0.15) is 0 Å². The molecule has 0 fully saturated rings. The molecule has 1 aromatic heterocycles. The predicted molar refractivity (Wildman–Crippen MR) is 61.2 cm³/mol. The zero-order chi connectivity index (χ0) is 10.8. The molecule has 0 bridgehead atoms. The maximum Gasteiger partial charge on any atom is 0.0790 e. The van der Waals surface area contributed by atoms with Crippen molar-refractivity contribution in [2.75, 3.05) is 0 Å². The van der Waals surface area contributed by atoms with Crippen LogP contribution < -0.4 is 5.73 Å². The molecule has 4 heteroatoms. The summed E-state index contributed by atoms with van der Waals surface area (Å²) in [7, 11) is 0. The van der Waals surface area contributed by atoms with Crippen LogP contribution in [-0.2, 0) is 0 Å². The second kappa shape index (κ2) is 4.04. The van der Waals surface area contributed by atoms with E-state index in [1.165, 1.54) is 0 Å². The van der Waals surface area contributed by atoms with Gasteiger partial charge in [-0.15, -0.1) is 0 Å². The maximum atomic E-state index is 5.88. The Bertz CT molecular complexity index is 462. The Morgan fingerprint density at radius 1 is 1.40 bits per heavy atom. The zero-order valence-electron chi connectivity index (χ0n) is 8.39. The predicted octanol–water partition coefficient (Wildman–Crippen LogP) is 2.55. The van der Waals surface area contributed by atoms with Crippen LogP contribution in [-0.4, -0.2) is 9.78 Å². The molecule has 78 valence electrons. The van der Waals surface area contributed by atoms with Gasteiger partial charge >= 0.3 is 0 Å². The number of aromatic nitrogens is 2. The summed E-state index contributed by atoms with van der Waals surface area (Å²) in [5, 5.41) is 4.78. The maximum absolute atomic E-state index is 5.88. The number of rotatable bonds is 2. The van der Waals surface area contributed by atoms with Gasteiger partial charge in [-0.2, -0.15) is 5.10 Å². The zero-order valence-corrected chi connectivity index (χ0v) is 9.15. The highest BCUT2D eigenvalue weighted by atomic mass is 35.5. The van der Waals surface area contributed by atoms with Crippen molar-refractivity contribution in [3.8, 4) is 5.69 Å². The summed E-state index contributed by atoms with van der Waals surface area (Å²) in [5.41, 5.74) is 7.91. The Kier molecular flexibility index (Phi) is 2.75. The van der Waals surface area contributed by atoms with E-state index in [1.807, 2.05) is 31.2 Å². The average Bonchev–Trinajstić information content (AvgIpc) is 2.65. The summed E-state index contributed by atoms with van der Waals surface area (Å²) in [4.78, 5) is 0. The van der Waals surface area contributed by atoms with Gasteiger partial charge in [0, 0.05) is 12.2 Å². The number of nitrogens with two attached hydrogens (primary N) is 1. The quantitative estimate of drug-likeness (QED) is 0.847. The fourth-order valence-electron chi connectivity index (χ4n) is 1.51. The van der Waals surface area contributed by atoms with Gasteiger partial charge in [-0.05, 0) is 18.6 Å². The number of halogens is 1. The molecule has 2 aromatic rings. The Hall–Kier alpha value is -1.32. The molecular formula is C11H12ClN3. The van der Waals surface area contributed by atoms with Gasteiger partial charge in [0.2, 0.25) is 0 Å². The van der Waals surface area contributed by atoms with E-state index >= 15 is 0 Å². The second-order valence-corrected chi connectivity index (χ2v) is 3.89. The van der Waals surface area contributed by atoms with Crippen molar-refractivity contribution in [1.29, 1.82) is 0 Å². The second-order valence-electron chi connectivity index (χ2n) is 3.45. The van der Waals surface area contributed by atoms with Gasteiger partial charge in [-0.3, -0.25) is 0 Å². The van der Waals surface area contributed by atoms with Crippen LogP contribution in [0.15, 0.2) is 36.7 Å². The summed E-state index contributed by atoms with van der Waals surface area (Å²) in [5.74, 6) is 0. The largest absolute Gasteiger partial charge is 0.324 e. The standard InChI is InChI=1S/C11H12ClN3/c1-8(13)10-4-2-3-5-11(10)15-7-9(12)6-14-15/h2-8H,13H2,1H3. The Balaban J connectivity index is 2.52. The molecule has 2 rings (SSSR count). The molecule has 0 spiro atoms. The van der Waals surface area contributed by atoms with Crippen LogP contribution in [0.3, 0.4) is 0 Å². The van der Waals surface area contributed by atoms with E-state index in [4.69, 9.17) is 17.3 Å². The van der Waals surface area contributed by atoms with Gasteiger partial charge in [-0.1, -0.05) is 29.8 Å². The van der Waals surface area contributed by atoms with Crippen LogP contribution in [0.4, 0.5) is 0 Å². The lowest BCUT2D eigenvalue weighted by molar-refractivity contribution is 0.781. The van der Waals surface area contributed by atoms with Gasteiger partial charge in [0.05, 0.1) is 16.9 Å². The molecule has 3 nitrogen and oxygen atoms in total. The van der Waals surface area contributed by atoms with Crippen LogP contribution in [0.2, 0.25) is 5.02 Å². The molecule has 0 amide bonds. The molecular weight excluding hydrogens is 210 g/mol. The number of hydrogen-bond acceptors (Lipinski definition) is 2. The van der Waals surface area contributed by atoms with Gasteiger partial charge in [0.15, 0.2) is 0 Å². The minimum absolute atomic E-state index is 0.0239. The minimum atomic E-state index is -0.0239. The van der Waals surface area contributed by atoms with Crippen LogP contribution >= 0.6 is 11.6 Å². The highest BCUT2D eigenvalue weighted by Crippen LogP contribution is 2.20. The molecule has 0 radical (unpaired) electrons. The van der Waals surface area contributed by atoms with Crippen molar-refractivity contribution >= 4 is 11.6 Å². The van der Waals surface area contributed by atoms with Gasteiger partial charge in [0.25, 0.3) is 0 Å². The number of nitrogens with zero attached hydrogens (tertiary/aromatic N) is 2. The fraction of sp³-hybridized carbons (Fsp3) is 0.182. The lowest BCUT2D eigenvalue weighted by Gasteiger charge is -2.11. The normalized spacial score (nSPS) is 12.7. The summed E-state index contributed by atoms with van der Waals surface area (Å²) in [6, 6.07) is 7.87. The van der Waals surface area contributed by atoms with Crippen LogP contribution in [0.1, 0.15) is 18.5 Å². The van der Waals surface area contributed by atoms with E-state index < -0.39 is 0 Å². The molecule has 1 unspecified atom stereocenters. The first-order valence-corrected chi connectivity index (χ1v) is 5.11. The minimum Gasteiger partial charge on any atom is -0.324 e. The highest BCUT2D eigenvalue weighted by Gasteiger charge is 2.08. The summed E-state index contributed by atoms with van der Waals surface area (Å²) in [6.07, 6.45) is 3.38. The van der Waals surface area contributed by atoms with Crippen LogP contribution in [0.5, 0.6) is 0 Å². The van der Waals surface area contributed by atoms with Crippen LogP contribution in [0.25, 0.3) is 5.69 Å². The van der Waals surface area contributed by atoms with Crippen molar-refractivity contribution in [2.45, 2.75) is 13.0 Å². The average molecular weight is 222 g/mol. The van der Waals surface area contributed by atoms with E-state index in [-0.39, 0.29) is 6.04 Å². The van der Waals surface area contributed by atoms with Crippen molar-refractivity contribution in [3.63, 3.8) is 0 Å². The van der Waals surface area contributed by atoms with Crippen molar-refractivity contribution in [3.05, 3.63) is 47.2 Å². The molecule has 2 N–H and O–H groups in total. The highest BCUT2D eigenvalue weighted by molar-refractivity contribution is 6.30. The van der Waals surface area contributed by atoms with E-state index in [9.17, 15) is 0 Å². The van der Waals surface area contributed by atoms with Gasteiger partial charge in [-0.25, -0.2) is 4.68 Å². The molecule has 0 saturated carbocycles. The third-order valence-electron chi connectivity index (χ3n) is 2.23. The molecule has 0 aliphatic carbocycles. The van der Waals surface area contributed by atoms with Gasteiger partial charge < -0.3 is 5.73 Å². The van der Waals surface area contributed by atoms with E-state index in [1.54, 1.807) is 17.1 Å². The number of para-hydroxylation sites is 1. The fourth-order valence-corrected chi connectivity index (χ4v) is 1.65. The molecule has 15 heavy (non-hydrogen) atoms. The smallest absolute Gasteiger partial charge is 0.0790 e. The first kappa shape index (κ1) is 10.2. The molecule has 1 heterocycles. The molecule has 0 saturated heterocycles. The van der Waals surface area contributed by atoms with Crippen LogP contribution in [0, 0.1) is 0 Å². The molecule has 0 aliphatic heterocycles. The first-order valence-electron chi connectivity index (χ1n) is 4.73. The SMILES string of the molecule is CC(N)c1ccccc1-n1cc(Cl)cn1. The number of hydrogen-bond donors (Lipinski definition) is 1. The Labute approximate surface area is 93.5 Å². The Morgan fingerprint density at radius 3 is 2.73 bits per heavy atom. The lowest BCUT2D eigenvalue weighted by atomic mass is 10.1. The summed E-state index contributed by atoms with van der Waals surface area (Å²) in [6.45, 7) is 1.95. The van der Waals surface area contributed by atoms with Crippen molar-refractivity contribution in [2.24, 2.45) is 5.73 Å². The lowest BCUT2D eigenvalue weighted by Crippen LogP contribution is -2.09. The van der Waals surface area contributed by atoms with E-state index in [0.29, 0.717) is 5.02 Å². The molecule has 0 aliphatic rings.